The number of rotatable bonds is 3. The molecule has 1 rings (SSSR count). The van der Waals surface area contributed by atoms with Gasteiger partial charge in [-0.2, -0.15) is 0 Å². The Bertz CT molecular complexity index is 307. The summed E-state index contributed by atoms with van der Waals surface area (Å²) in [5.41, 5.74) is 0.316. The highest BCUT2D eigenvalue weighted by Gasteiger charge is 2.09. The summed E-state index contributed by atoms with van der Waals surface area (Å²) in [5.74, 6) is -0.713. The molecule has 0 aliphatic heterocycles. The molecule has 0 N–H and O–H groups in total. The quantitative estimate of drug-likeness (QED) is 0.609. The number of Topliss-reactive ketones (excluding diaryl/α,β-unsaturated/α-hetero) is 1. The number of thiol groups is 1. The summed E-state index contributed by atoms with van der Waals surface area (Å²) in [6, 6.07) is 4.49. The zero-order chi connectivity index (χ0) is 9.84. The second kappa shape index (κ2) is 4.63. The second-order valence-corrected chi connectivity index (χ2v) is 3.34. The first-order valence-corrected chi connectivity index (χ1v) is 4.67. The fourth-order valence-corrected chi connectivity index (χ4v) is 1.33. The minimum atomic E-state index is -0.411. The standard InChI is InChI=1S/C9H8ClFOS/c10-5-6(12)4-7-8(11)2-1-3-9(7)13/h1-3,13H,4-5H2. The van der Waals surface area contributed by atoms with Crippen LogP contribution in [0.5, 0.6) is 0 Å². The fourth-order valence-electron chi connectivity index (χ4n) is 0.967. The van der Waals surface area contributed by atoms with Crippen molar-refractivity contribution in [3.63, 3.8) is 0 Å². The molecule has 0 radical (unpaired) electrons. The van der Waals surface area contributed by atoms with E-state index in [0.717, 1.165) is 0 Å². The van der Waals surface area contributed by atoms with Crippen LogP contribution in [-0.4, -0.2) is 11.7 Å². The molecule has 0 fully saturated rings. The summed E-state index contributed by atoms with van der Waals surface area (Å²) in [6.45, 7) is 0. The van der Waals surface area contributed by atoms with Gasteiger partial charge in [0.15, 0.2) is 5.78 Å². The molecule has 0 atom stereocenters. The van der Waals surface area contributed by atoms with Gasteiger partial charge in [-0.15, -0.1) is 24.2 Å². The van der Waals surface area contributed by atoms with Crippen molar-refractivity contribution in [2.75, 3.05) is 5.88 Å². The lowest BCUT2D eigenvalue weighted by Gasteiger charge is -2.03. The van der Waals surface area contributed by atoms with Crippen molar-refractivity contribution in [1.29, 1.82) is 0 Å². The van der Waals surface area contributed by atoms with E-state index in [1.165, 1.54) is 6.07 Å². The van der Waals surface area contributed by atoms with Crippen molar-refractivity contribution in [2.24, 2.45) is 0 Å². The number of ketones is 1. The lowest BCUT2D eigenvalue weighted by Crippen LogP contribution is -2.06. The molecule has 0 spiro atoms. The van der Waals surface area contributed by atoms with Crippen molar-refractivity contribution in [3.8, 4) is 0 Å². The number of carbonyl (C=O) groups is 1. The zero-order valence-corrected chi connectivity index (χ0v) is 8.41. The zero-order valence-electron chi connectivity index (χ0n) is 6.76. The van der Waals surface area contributed by atoms with E-state index in [-0.39, 0.29) is 18.1 Å². The van der Waals surface area contributed by atoms with Gasteiger partial charge in [0.25, 0.3) is 0 Å². The Morgan fingerprint density at radius 3 is 2.77 bits per heavy atom. The summed E-state index contributed by atoms with van der Waals surface area (Å²) >= 11 is 9.36. The second-order valence-electron chi connectivity index (χ2n) is 2.59. The molecule has 0 aliphatic rings. The maximum atomic E-state index is 13.1. The third-order valence-electron chi connectivity index (χ3n) is 1.62. The maximum Gasteiger partial charge on any atom is 0.152 e. The van der Waals surface area contributed by atoms with Crippen LogP contribution in [0.3, 0.4) is 0 Å². The predicted molar refractivity (Wildman–Crippen MR) is 53.1 cm³/mol. The first-order chi connectivity index (χ1) is 6.15. The van der Waals surface area contributed by atoms with Crippen LogP contribution in [0, 0.1) is 5.82 Å². The van der Waals surface area contributed by atoms with Crippen LogP contribution in [0.15, 0.2) is 23.1 Å². The molecule has 0 bridgehead atoms. The van der Waals surface area contributed by atoms with Crippen LogP contribution >= 0.6 is 24.2 Å². The minimum Gasteiger partial charge on any atom is -0.298 e. The molecule has 0 heterocycles. The topological polar surface area (TPSA) is 17.1 Å². The van der Waals surface area contributed by atoms with Gasteiger partial charge in [0.1, 0.15) is 5.82 Å². The minimum absolute atomic E-state index is 0.00894. The van der Waals surface area contributed by atoms with E-state index in [2.05, 4.69) is 12.6 Å². The first-order valence-electron chi connectivity index (χ1n) is 3.69. The van der Waals surface area contributed by atoms with Crippen LogP contribution in [0.25, 0.3) is 0 Å². The van der Waals surface area contributed by atoms with E-state index < -0.39 is 5.82 Å². The fraction of sp³-hybridized carbons (Fsp3) is 0.222. The molecule has 0 saturated heterocycles. The average molecular weight is 219 g/mol. The van der Waals surface area contributed by atoms with Crippen molar-refractivity contribution < 1.29 is 9.18 Å². The number of alkyl halides is 1. The Kier molecular flexibility index (Phi) is 3.75. The van der Waals surface area contributed by atoms with Gasteiger partial charge in [-0.3, -0.25) is 4.79 Å². The average Bonchev–Trinajstić information content (AvgIpc) is 2.11. The molecule has 0 unspecified atom stereocenters. The lowest BCUT2D eigenvalue weighted by molar-refractivity contribution is -0.116. The molecule has 0 saturated carbocycles. The Morgan fingerprint density at radius 2 is 2.23 bits per heavy atom. The number of benzene rings is 1. The summed E-state index contributed by atoms with van der Waals surface area (Å²) < 4.78 is 13.1. The predicted octanol–water partition coefficient (Wildman–Crippen LogP) is 2.46. The van der Waals surface area contributed by atoms with Crippen molar-refractivity contribution in [3.05, 3.63) is 29.6 Å². The van der Waals surface area contributed by atoms with Crippen molar-refractivity contribution in [1.82, 2.24) is 0 Å². The molecule has 70 valence electrons. The highest BCUT2D eigenvalue weighted by Crippen LogP contribution is 2.17. The summed E-state index contributed by atoms with van der Waals surface area (Å²) in [7, 11) is 0. The van der Waals surface area contributed by atoms with Gasteiger partial charge in [0.2, 0.25) is 0 Å². The number of halogens is 2. The van der Waals surface area contributed by atoms with Gasteiger partial charge in [-0.1, -0.05) is 6.07 Å². The van der Waals surface area contributed by atoms with E-state index in [4.69, 9.17) is 11.6 Å². The Labute approximate surface area is 86.3 Å². The lowest BCUT2D eigenvalue weighted by atomic mass is 10.1. The molecular weight excluding hydrogens is 211 g/mol. The van der Waals surface area contributed by atoms with E-state index in [1.54, 1.807) is 12.1 Å². The van der Waals surface area contributed by atoms with E-state index in [0.29, 0.717) is 10.5 Å². The number of carbonyl (C=O) groups excluding carboxylic acids is 1. The maximum absolute atomic E-state index is 13.1. The smallest absolute Gasteiger partial charge is 0.152 e. The summed E-state index contributed by atoms with van der Waals surface area (Å²) in [5, 5.41) is 0. The highest BCUT2D eigenvalue weighted by molar-refractivity contribution is 7.80. The number of hydrogen-bond acceptors (Lipinski definition) is 2. The molecule has 4 heteroatoms. The van der Waals surface area contributed by atoms with E-state index in [1.807, 2.05) is 0 Å². The van der Waals surface area contributed by atoms with Gasteiger partial charge < -0.3 is 0 Å². The van der Waals surface area contributed by atoms with Crippen LogP contribution < -0.4 is 0 Å². The molecular formula is C9H8ClFOS. The van der Waals surface area contributed by atoms with Crippen LogP contribution in [0.4, 0.5) is 4.39 Å². The van der Waals surface area contributed by atoms with Crippen LogP contribution in [-0.2, 0) is 11.2 Å². The van der Waals surface area contributed by atoms with E-state index >= 15 is 0 Å². The molecule has 1 aromatic rings. The van der Waals surface area contributed by atoms with Crippen LogP contribution in [0.2, 0.25) is 0 Å². The first kappa shape index (κ1) is 10.5. The molecule has 1 aromatic carbocycles. The van der Waals surface area contributed by atoms with Gasteiger partial charge in [-0.05, 0) is 12.1 Å². The molecule has 0 aliphatic carbocycles. The monoisotopic (exact) mass is 218 g/mol. The summed E-state index contributed by atoms with van der Waals surface area (Å²) in [6.07, 6.45) is 0.00894. The van der Waals surface area contributed by atoms with Gasteiger partial charge in [-0.25, -0.2) is 4.39 Å². The normalized spacial score (nSPS) is 10.1. The Balaban J connectivity index is 2.93. The molecule has 0 amide bonds. The third-order valence-corrected chi connectivity index (χ3v) is 2.33. The third kappa shape index (κ3) is 2.71. The Hall–Kier alpha value is -0.540. The number of hydrogen-bond donors (Lipinski definition) is 1. The highest BCUT2D eigenvalue weighted by atomic mass is 35.5. The molecule has 13 heavy (non-hydrogen) atoms. The Morgan fingerprint density at radius 1 is 1.54 bits per heavy atom. The van der Waals surface area contributed by atoms with Gasteiger partial charge >= 0.3 is 0 Å². The van der Waals surface area contributed by atoms with E-state index in [9.17, 15) is 9.18 Å². The van der Waals surface area contributed by atoms with Crippen molar-refractivity contribution in [2.45, 2.75) is 11.3 Å². The van der Waals surface area contributed by atoms with Gasteiger partial charge in [0, 0.05) is 16.9 Å². The summed E-state index contributed by atoms with van der Waals surface area (Å²) in [4.78, 5) is 11.4. The molecule has 0 aromatic heterocycles. The van der Waals surface area contributed by atoms with Crippen molar-refractivity contribution >= 4 is 30.0 Å². The van der Waals surface area contributed by atoms with Gasteiger partial charge in [0.05, 0.1) is 5.88 Å². The SMILES string of the molecule is O=C(CCl)Cc1c(F)cccc1S. The van der Waals surface area contributed by atoms with Crippen LogP contribution in [0.1, 0.15) is 5.56 Å². The largest absolute Gasteiger partial charge is 0.298 e. The molecule has 1 nitrogen and oxygen atoms in total.